The second-order valence-corrected chi connectivity index (χ2v) is 5.11. The van der Waals surface area contributed by atoms with Gasteiger partial charge in [-0.1, -0.05) is 6.92 Å². The molecule has 1 aliphatic carbocycles. The van der Waals surface area contributed by atoms with Gasteiger partial charge in [0.1, 0.15) is 12.2 Å². The van der Waals surface area contributed by atoms with Gasteiger partial charge in [-0.3, -0.25) is 4.79 Å². The summed E-state index contributed by atoms with van der Waals surface area (Å²) in [7, 11) is 0. The van der Waals surface area contributed by atoms with Gasteiger partial charge >= 0.3 is 0 Å². The zero-order valence-corrected chi connectivity index (χ0v) is 11.1. The van der Waals surface area contributed by atoms with E-state index in [1.807, 2.05) is 27.7 Å². The summed E-state index contributed by atoms with van der Waals surface area (Å²) in [5.41, 5.74) is 0.823. The van der Waals surface area contributed by atoms with Gasteiger partial charge in [0, 0.05) is 30.4 Å². The van der Waals surface area contributed by atoms with Crippen LogP contribution in [-0.4, -0.2) is 25.1 Å². The summed E-state index contributed by atoms with van der Waals surface area (Å²) in [6.07, 6.45) is 8.59. The molecule has 2 aromatic heterocycles. The summed E-state index contributed by atoms with van der Waals surface area (Å²) in [6.45, 7) is 3.66. The lowest BCUT2D eigenvalue weighted by Gasteiger charge is -2.05. The average molecular weight is 258 g/mol. The maximum Gasteiger partial charge on any atom is 0.167 e. The van der Waals surface area contributed by atoms with Gasteiger partial charge in [0.2, 0.25) is 0 Å². The van der Waals surface area contributed by atoms with E-state index in [2.05, 4.69) is 17.0 Å². The Morgan fingerprint density at radius 1 is 1.47 bits per heavy atom. The molecule has 2 heterocycles. The van der Waals surface area contributed by atoms with E-state index in [1.54, 1.807) is 6.33 Å². The fourth-order valence-corrected chi connectivity index (χ4v) is 2.24. The van der Waals surface area contributed by atoms with Crippen molar-refractivity contribution in [1.29, 1.82) is 0 Å². The summed E-state index contributed by atoms with van der Waals surface area (Å²) in [5.74, 6) is 1.50. The van der Waals surface area contributed by atoms with Gasteiger partial charge in [-0.25, -0.2) is 9.67 Å². The maximum absolute atomic E-state index is 11.9. The van der Waals surface area contributed by atoms with Crippen LogP contribution in [0, 0.1) is 5.92 Å². The third-order valence-electron chi connectivity index (χ3n) is 3.44. The molecule has 0 radical (unpaired) electrons. The SMILES string of the molecule is CCCn1ncnc1Cn1ccc(C(=O)C2CC2)c1. The van der Waals surface area contributed by atoms with Crippen molar-refractivity contribution in [2.45, 2.75) is 39.3 Å². The molecule has 5 heteroatoms. The molecular formula is C14H18N4O. The minimum absolute atomic E-state index is 0.277. The van der Waals surface area contributed by atoms with Gasteiger partial charge in [0.15, 0.2) is 5.78 Å². The third-order valence-corrected chi connectivity index (χ3v) is 3.44. The van der Waals surface area contributed by atoms with Gasteiger partial charge in [-0.05, 0) is 25.3 Å². The van der Waals surface area contributed by atoms with Crippen LogP contribution in [0.25, 0.3) is 0 Å². The van der Waals surface area contributed by atoms with E-state index in [0.717, 1.165) is 37.2 Å². The highest BCUT2D eigenvalue weighted by Gasteiger charge is 2.30. The van der Waals surface area contributed by atoms with Crippen molar-refractivity contribution in [2.24, 2.45) is 5.92 Å². The fourth-order valence-electron chi connectivity index (χ4n) is 2.24. The molecule has 3 rings (SSSR count). The van der Waals surface area contributed by atoms with Crippen molar-refractivity contribution in [1.82, 2.24) is 19.3 Å². The Morgan fingerprint density at radius 3 is 3.05 bits per heavy atom. The van der Waals surface area contributed by atoms with Crippen LogP contribution in [-0.2, 0) is 13.1 Å². The number of aryl methyl sites for hydroxylation is 1. The van der Waals surface area contributed by atoms with Crippen LogP contribution in [0.1, 0.15) is 42.4 Å². The second kappa shape index (κ2) is 4.99. The molecule has 0 spiro atoms. The summed E-state index contributed by atoms with van der Waals surface area (Å²) in [6, 6.07) is 1.90. The number of Topliss-reactive ketones (excluding diaryl/α,β-unsaturated/α-hetero) is 1. The first-order chi connectivity index (χ1) is 9.28. The molecule has 100 valence electrons. The first-order valence-corrected chi connectivity index (χ1v) is 6.84. The van der Waals surface area contributed by atoms with E-state index < -0.39 is 0 Å². The highest BCUT2D eigenvalue weighted by molar-refractivity contribution is 5.99. The summed E-state index contributed by atoms with van der Waals surface area (Å²) in [4.78, 5) is 16.2. The number of carbonyl (C=O) groups excluding carboxylic acids is 1. The minimum Gasteiger partial charge on any atom is -0.346 e. The Hall–Kier alpha value is -1.91. The molecule has 0 N–H and O–H groups in total. The monoisotopic (exact) mass is 258 g/mol. The summed E-state index contributed by atoms with van der Waals surface area (Å²) < 4.78 is 3.92. The Bertz CT molecular complexity index is 580. The fraction of sp³-hybridized carbons (Fsp3) is 0.500. The van der Waals surface area contributed by atoms with Crippen LogP contribution < -0.4 is 0 Å². The van der Waals surface area contributed by atoms with Crippen LogP contribution in [0.3, 0.4) is 0 Å². The average Bonchev–Trinajstić information content (AvgIpc) is 3.01. The van der Waals surface area contributed by atoms with Crippen molar-refractivity contribution in [3.63, 3.8) is 0 Å². The smallest absolute Gasteiger partial charge is 0.167 e. The number of carbonyl (C=O) groups is 1. The molecule has 2 aromatic rings. The van der Waals surface area contributed by atoms with Crippen molar-refractivity contribution in [3.05, 3.63) is 36.2 Å². The van der Waals surface area contributed by atoms with Crippen LogP contribution in [0.4, 0.5) is 0 Å². The van der Waals surface area contributed by atoms with Gasteiger partial charge < -0.3 is 4.57 Å². The van der Waals surface area contributed by atoms with Gasteiger partial charge in [0.05, 0.1) is 6.54 Å². The van der Waals surface area contributed by atoms with E-state index >= 15 is 0 Å². The molecule has 1 fully saturated rings. The molecule has 19 heavy (non-hydrogen) atoms. The van der Waals surface area contributed by atoms with E-state index in [4.69, 9.17) is 0 Å². The largest absolute Gasteiger partial charge is 0.346 e. The molecular weight excluding hydrogens is 240 g/mol. The molecule has 0 bridgehead atoms. The molecule has 0 aliphatic heterocycles. The molecule has 0 aromatic carbocycles. The first-order valence-electron chi connectivity index (χ1n) is 6.84. The lowest BCUT2D eigenvalue weighted by molar-refractivity contribution is 0.0967. The van der Waals surface area contributed by atoms with Gasteiger partial charge in [-0.2, -0.15) is 5.10 Å². The second-order valence-electron chi connectivity index (χ2n) is 5.11. The van der Waals surface area contributed by atoms with Crippen molar-refractivity contribution < 1.29 is 4.79 Å². The highest BCUT2D eigenvalue weighted by Crippen LogP contribution is 2.32. The first kappa shape index (κ1) is 12.1. The van der Waals surface area contributed by atoms with E-state index in [-0.39, 0.29) is 11.7 Å². The van der Waals surface area contributed by atoms with Crippen LogP contribution in [0.5, 0.6) is 0 Å². The number of rotatable bonds is 6. The predicted molar refractivity (Wildman–Crippen MR) is 70.9 cm³/mol. The molecule has 0 unspecified atom stereocenters. The third kappa shape index (κ3) is 2.59. The van der Waals surface area contributed by atoms with Crippen molar-refractivity contribution in [2.75, 3.05) is 0 Å². The maximum atomic E-state index is 11.9. The molecule has 0 atom stereocenters. The van der Waals surface area contributed by atoms with Crippen molar-refractivity contribution in [3.8, 4) is 0 Å². The van der Waals surface area contributed by atoms with Gasteiger partial charge in [0.25, 0.3) is 0 Å². The number of ketones is 1. The van der Waals surface area contributed by atoms with Crippen LogP contribution in [0.2, 0.25) is 0 Å². The van der Waals surface area contributed by atoms with E-state index in [0.29, 0.717) is 6.54 Å². The quantitative estimate of drug-likeness (QED) is 0.746. The normalized spacial score (nSPS) is 14.8. The molecule has 0 amide bonds. The van der Waals surface area contributed by atoms with E-state index in [9.17, 15) is 4.79 Å². The molecule has 5 nitrogen and oxygen atoms in total. The molecule has 1 saturated carbocycles. The molecule has 0 saturated heterocycles. The zero-order valence-electron chi connectivity index (χ0n) is 11.1. The molecule has 1 aliphatic rings. The number of nitrogens with zero attached hydrogens (tertiary/aromatic N) is 4. The predicted octanol–water partition coefficient (Wildman–Crippen LogP) is 2.13. The van der Waals surface area contributed by atoms with Crippen LogP contribution >= 0.6 is 0 Å². The number of aromatic nitrogens is 4. The Kier molecular flexibility index (Phi) is 3.19. The minimum atomic E-state index is 0.277. The Labute approximate surface area is 112 Å². The highest BCUT2D eigenvalue weighted by atomic mass is 16.1. The topological polar surface area (TPSA) is 52.7 Å². The lowest BCUT2D eigenvalue weighted by atomic mass is 10.1. The number of hydrogen-bond donors (Lipinski definition) is 0. The zero-order chi connectivity index (χ0) is 13.2. The van der Waals surface area contributed by atoms with E-state index in [1.165, 1.54) is 0 Å². The summed E-state index contributed by atoms with van der Waals surface area (Å²) in [5, 5.41) is 4.21. The summed E-state index contributed by atoms with van der Waals surface area (Å²) >= 11 is 0. The standard InChI is InChI=1S/C14H18N4O/c1-2-6-18-13(15-10-16-18)9-17-7-5-12(8-17)14(19)11-3-4-11/h5,7-8,10-11H,2-4,6,9H2,1H3. The van der Waals surface area contributed by atoms with Crippen LogP contribution in [0.15, 0.2) is 24.8 Å². The van der Waals surface area contributed by atoms with Gasteiger partial charge in [-0.15, -0.1) is 0 Å². The number of hydrogen-bond acceptors (Lipinski definition) is 3. The van der Waals surface area contributed by atoms with Crippen molar-refractivity contribution >= 4 is 5.78 Å². The Morgan fingerprint density at radius 2 is 2.32 bits per heavy atom. The Balaban J connectivity index is 1.72. The lowest BCUT2D eigenvalue weighted by Crippen LogP contribution is -2.09.